The monoisotopic (exact) mass is 362 g/mol. The average Bonchev–Trinajstić information content (AvgIpc) is 2.68. The molecule has 0 aromatic heterocycles. The number of carbonyl (C=O) groups excluding carboxylic acids is 1. The van der Waals surface area contributed by atoms with E-state index in [1.807, 2.05) is 18.2 Å². The van der Waals surface area contributed by atoms with Gasteiger partial charge in [-0.15, -0.1) is 0 Å². The highest BCUT2D eigenvalue weighted by molar-refractivity contribution is 5.89. The molecule has 2 saturated heterocycles. The lowest BCUT2D eigenvalue weighted by atomic mass is 10.1. The summed E-state index contributed by atoms with van der Waals surface area (Å²) in [5, 5.41) is 15.7. The summed E-state index contributed by atoms with van der Waals surface area (Å²) >= 11 is 0. The van der Waals surface area contributed by atoms with Crippen LogP contribution < -0.4 is 15.5 Å². The predicted octanol–water partition coefficient (Wildman–Crippen LogP) is 1.49. The number of hydrogen-bond donors (Lipinski definition) is 3. The second-order valence-electron chi connectivity index (χ2n) is 7.00. The van der Waals surface area contributed by atoms with Crippen LogP contribution in [0.2, 0.25) is 0 Å². The summed E-state index contributed by atoms with van der Waals surface area (Å²) in [4.78, 5) is 16.6. The quantitative estimate of drug-likeness (QED) is 0.715. The van der Waals surface area contributed by atoms with Crippen molar-refractivity contribution in [3.05, 3.63) is 24.3 Å². The maximum Gasteiger partial charge on any atom is 0.319 e. The molecule has 0 bridgehead atoms. The van der Waals surface area contributed by atoms with Crippen LogP contribution in [0.25, 0.3) is 0 Å². The fourth-order valence-electron chi connectivity index (χ4n) is 3.46. The summed E-state index contributed by atoms with van der Waals surface area (Å²) in [6.45, 7) is 5.98. The van der Waals surface area contributed by atoms with E-state index < -0.39 is 6.10 Å². The Balaban J connectivity index is 1.42. The van der Waals surface area contributed by atoms with E-state index in [4.69, 9.17) is 4.74 Å². The summed E-state index contributed by atoms with van der Waals surface area (Å²) < 4.78 is 5.29. The van der Waals surface area contributed by atoms with E-state index in [0.717, 1.165) is 37.6 Å². The Kier molecular flexibility index (Phi) is 7.11. The van der Waals surface area contributed by atoms with Crippen LogP contribution in [0.15, 0.2) is 24.3 Å². The van der Waals surface area contributed by atoms with E-state index in [9.17, 15) is 9.90 Å². The Hall–Kier alpha value is -1.83. The van der Waals surface area contributed by atoms with Gasteiger partial charge < -0.3 is 25.4 Å². The molecule has 7 heteroatoms. The zero-order valence-electron chi connectivity index (χ0n) is 15.3. The van der Waals surface area contributed by atoms with Crippen molar-refractivity contribution >= 4 is 17.4 Å². The van der Waals surface area contributed by atoms with Crippen LogP contribution in [0.5, 0.6) is 0 Å². The number of nitrogens with one attached hydrogen (secondary N) is 2. The SMILES string of the molecule is O=C(NC[C@@H](O)CN1CCOCC1)Nc1cccc(N2CCCCC2)c1. The van der Waals surface area contributed by atoms with Gasteiger partial charge in [-0.05, 0) is 37.5 Å². The fourth-order valence-corrected chi connectivity index (χ4v) is 3.46. The molecule has 0 saturated carbocycles. The summed E-state index contributed by atoms with van der Waals surface area (Å²) in [6, 6.07) is 7.65. The van der Waals surface area contributed by atoms with E-state index in [1.165, 1.54) is 19.3 Å². The van der Waals surface area contributed by atoms with E-state index in [0.29, 0.717) is 19.8 Å². The Labute approximate surface area is 155 Å². The highest BCUT2D eigenvalue weighted by Gasteiger charge is 2.16. The van der Waals surface area contributed by atoms with Crippen LogP contribution in [0.3, 0.4) is 0 Å². The van der Waals surface area contributed by atoms with Crippen LogP contribution in [0.4, 0.5) is 16.2 Å². The first kappa shape index (κ1) is 18.9. The number of β-amino-alcohol motifs (C(OH)–C–C–N with tert-alkyl or cyclic N) is 1. The molecule has 1 aromatic rings. The van der Waals surface area contributed by atoms with E-state index in [2.05, 4.69) is 26.5 Å². The van der Waals surface area contributed by atoms with Gasteiger partial charge in [-0.3, -0.25) is 4.90 Å². The van der Waals surface area contributed by atoms with Crippen LogP contribution in [-0.2, 0) is 4.74 Å². The third-order valence-corrected chi connectivity index (χ3v) is 4.90. The number of amides is 2. The standard InChI is InChI=1S/C19H30N4O3/c24-18(15-22-9-11-26-12-10-22)14-20-19(25)21-16-5-4-6-17(13-16)23-7-2-1-3-8-23/h4-6,13,18,24H,1-3,7-12,14-15H2,(H2,20,21,25)/t18-/m1/s1. The number of piperidine rings is 1. The van der Waals surface area contributed by atoms with Gasteiger partial charge in [0.25, 0.3) is 0 Å². The molecule has 2 aliphatic rings. The summed E-state index contributed by atoms with van der Waals surface area (Å²) in [7, 11) is 0. The van der Waals surface area contributed by atoms with Crippen molar-refractivity contribution in [2.45, 2.75) is 25.4 Å². The number of carbonyl (C=O) groups is 1. The van der Waals surface area contributed by atoms with Gasteiger partial charge >= 0.3 is 6.03 Å². The number of urea groups is 1. The minimum atomic E-state index is -0.585. The molecule has 1 aromatic carbocycles. The minimum Gasteiger partial charge on any atom is -0.390 e. The van der Waals surface area contributed by atoms with Crippen molar-refractivity contribution in [1.82, 2.24) is 10.2 Å². The van der Waals surface area contributed by atoms with E-state index >= 15 is 0 Å². The lowest BCUT2D eigenvalue weighted by Gasteiger charge is -2.29. The molecule has 3 N–H and O–H groups in total. The minimum absolute atomic E-state index is 0.231. The molecule has 0 spiro atoms. The summed E-state index contributed by atoms with van der Waals surface area (Å²) in [5.74, 6) is 0. The third kappa shape index (κ3) is 5.86. The van der Waals surface area contributed by atoms with Gasteiger partial charge in [-0.1, -0.05) is 6.07 Å². The van der Waals surface area contributed by atoms with Crippen LogP contribution in [0, 0.1) is 0 Å². The number of rotatable bonds is 6. The zero-order chi connectivity index (χ0) is 18.2. The number of morpholine rings is 1. The van der Waals surface area contributed by atoms with E-state index in [1.54, 1.807) is 0 Å². The second-order valence-corrected chi connectivity index (χ2v) is 7.00. The maximum atomic E-state index is 12.1. The van der Waals surface area contributed by atoms with Crippen molar-refractivity contribution in [2.24, 2.45) is 0 Å². The Morgan fingerprint density at radius 3 is 2.69 bits per heavy atom. The fraction of sp³-hybridized carbons (Fsp3) is 0.632. The van der Waals surface area contributed by atoms with Crippen LogP contribution >= 0.6 is 0 Å². The van der Waals surface area contributed by atoms with Gasteiger partial charge in [0.2, 0.25) is 0 Å². The molecule has 0 unspecified atom stereocenters. The zero-order valence-corrected chi connectivity index (χ0v) is 15.3. The Bertz CT molecular complexity index is 572. The predicted molar refractivity (Wildman–Crippen MR) is 103 cm³/mol. The highest BCUT2D eigenvalue weighted by atomic mass is 16.5. The number of hydrogen-bond acceptors (Lipinski definition) is 5. The molecule has 2 amide bonds. The van der Waals surface area contributed by atoms with Gasteiger partial charge in [-0.25, -0.2) is 4.79 Å². The van der Waals surface area contributed by atoms with Crippen molar-refractivity contribution in [3.8, 4) is 0 Å². The first-order valence-corrected chi connectivity index (χ1v) is 9.59. The summed E-state index contributed by atoms with van der Waals surface area (Å²) in [5.41, 5.74) is 1.92. The van der Waals surface area contributed by atoms with Gasteiger partial charge in [0.05, 0.1) is 19.3 Å². The Morgan fingerprint density at radius 1 is 1.15 bits per heavy atom. The van der Waals surface area contributed by atoms with Crippen molar-refractivity contribution in [1.29, 1.82) is 0 Å². The van der Waals surface area contributed by atoms with Gasteiger partial charge in [-0.2, -0.15) is 0 Å². The molecule has 0 radical (unpaired) electrons. The van der Waals surface area contributed by atoms with Crippen LogP contribution in [0.1, 0.15) is 19.3 Å². The number of nitrogens with zero attached hydrogens (tertiary/aromatic N) is 2. The maximum absolute atomic E-state index is 12.1. The number of anilines is 2. The smallest absolute Gasteiger partial charge is 0.319 e. The molecule has 7 nitrogen and oxygen atoms in total. The highest BCUT2D eigenvalue weighted by Crippen LogP contribution is 2.22. The molecular formula is C19H30N4O3. The molecule has 26 heavy (non-hydrogen) atoms. The largest absolute Gasteiger partial charge is 0.390 e. The molecule has 144 valence electrons. The van der Waals surface area contributed by atoms with Crippen molar-refractivity contribution in [2.75, 3.05) is 62.7 Å². The van der Waals surface area contributed by atoms with E-state index in [-0.39, 0.29) is 12.6 Å². The lowest BCUT2D eigenvalue weighted by molar-refractivity contribution is 0.0154. The first-order valence-electron chi connectivity index (χ1n) is 9.59. The van der Waals surface area contributed by atoms with Gasteiger partial charge in [0.15, 0.2) is 0 Å². The van der Waals surface area contributed by atoms with Crippen LogP contribution in [-0.4, -0.2) is 74.6 Å². The molecule has 2 fully saturated rings. The molecule has 1 atom stereocenters. The van der Waals surface area contributed by atoms with Gasteiger partial charge in [0.1, 0.15) is 0 Å². The normalized spacial score (nSPS) is 19.8. The number of benzene rings is 1. The molecule has 3 rings (SSSR count). The second kappa shape index (κ2) is 9.75. The lowest BCUT2D eigenvalue weighted by Crippen LogP contribution is -2.45. The Morgan fingerprint density at radius 2 is 1.92 bits per heavy atom. The van der Waals surface area contributed by atoms with Crippen molar-refractivity contribution in [3.63, 3.8) is 0 Å². The number of aliphatic hydroxyl groups is 1. The molecule has 0 aliphatic carbocycles. The molecule has 2 aliphatic heterocycles. The summed E-state index contributed by atoms with van der Waals surface area (Å²) in [6.07, 6.45) is 3.15. The molecule has 2 heterocycles. The third-order valence-electron chi connectivity index (χ3n) is 4.90. The molecular weight excluding hydrogens is 332 g/mol. The average molecular weight is 362 g/mol. The number of aliphatic hydroxyl groups excluding tert-OH is 1. The van der Waals surface area contributed by atoms with Gasteiger partial charge in [0, 0.05) is 50.6 Å². The van der Waals surface area contributed by atoms with Crippen molar-refractivity contribution < 1.29 is 14.6 Å². The topological polar surface area (TPSA) is 77.1 Å². The first-order chi connectivity index (χ1) is 12.7. The number of ether oxygens (including phenoxy) is 1.